The van der Waals surface area contributed by atoms with Crippen LogP contribution in [0.25, 0.3) is 0 Å². The normalized spacial score (nSPS) is 10.9. The number of nitrogens with one attached hydrogen (secondary N) is 2. The highest BCUT2D eigenvalue weighted by Gasteiger charge is 2.14. The Morgan fingerprint density at radius 2 is 1.87 bits per heavy atom. The number of nitrogen functional groups attached to an aromatic ring is 1. The standard InChI is InChI=1S/C9H18N6/c1-6(2)7-8(13-10)11-5-12-9(7)14-15(3)4/h5-6H,10H2,1-4H3,(H2,11,12,13,14). The molecule has 0 aliphatic rings. The van der Waals surface area contributed by atoms with Crippen molar-refractivity contribution >= 4 is 11.6 Å². The summed E-state index contributed by atoms with van der Waals surface area (Å²) < 4.78 is 0. The van der Waals surface area contributed by atoms with Gasteiger partial charge in [0.15, 0.2) is 0 Å². The summed E-state index contributed by atoms with van der Waals surface area (Å²) in [5.41, 5.74) is 6.68. The zero-order valence-corrected chi connectivity index (χ0v) is 9.57. The Balaban J connectivity index is 3.13. The molecule has 84 valence electrons. The molecule has 0 aliphatic carbocycles. The predicted molar refractivity (Wildman–Crippen MR) is 61.2 cm³/mol. The molecule has 4 N–H and O–H groups in total. The number of aromatic nitrogens is 2. The van der Waals surface area contributed by atoms with Crippen LogP contribution in [0.3, 0.4) is 0 Å². The second kappa shape index (κ2) is 4.90. The van der Waals surface area contributed by atoms with E-state index in [-0.39, 0.29) is 0 Å². The van der Waals surface area contributed by atoms with Crippen molar-refractivity contribution in [3.63, 3.8) is 0 Å². The lowest BCUT2D eigenvalue weighted by Crippen LogP contribution is -2.23. The van der Waals surface area contributed by atoms with Gasteiger partial charge < -0.3 is 10.9 Å². The van der Waals surface area contributed by atoms with Crippen LogP contribution in [-0.4, -0.2) is 29.1 Å². The third-order valence-corrected chi connectivity index (χ3v) is 1.93. The maximum Gasteiger partial charge on any atom is 0.149 e. The molecule has 0 bridgehead atoms. The quantitative estimate of drug-likeness (QED) is 0.503. The molecule has 0 unspecified atom stereocenters. The summed E-state index contributed by atoms with van der Waals surface area (Å²) in [4.78, 5) is 8.27. The number of rotatable bonds is 4. The summed E-state index contributed by atoms with van der Waals surface area (Å²) in [6, 6.07) is 0. The van der Waals surface area contributed by atoms with Crippen LogP contribution in [0, 0.1) is 0 Å². The number of hydrogen-bond acceptors (Lipinski definition) is 6. The van der Waals surface area contributed by atoms with Gasteiger partial charge in [0.1, 0.15) is 18.0 Å². The average molecular weight is 210 g/mol. The van der Waals surface area contributed by atoms with Gasteiger partial charge in [-0.2, -0.15) is 0 Å². The van der Waals surface area contributed by atoms with Crippen LogP contribution in [0.15, 0.2) is 6.33 Å². The highest BCUT2D eigenvalue weighted by molar-refractivity contribution is 5.57. The Morgan fingerprint density at radius 1 is 1.27 bits per heavy atom. The molecule has 0 spiro atoms. The van der Waals surface area contributed by atoms with Crippen molar-refractivity contribution in [2.75, 3.05) is 24.9 Å². The molecule has 0 aliphatic heterocycles. The van der Waals surface area contributed by atoms with Crippen LogP contribution in [0.5, 0.6) is 0 Å². The van der Waals surface area contributed by atoms with Crippen LogP contribution in [0.2, 0.25) is 0 Å². The number of anilines is 2. The average Bonchev–Trinajstić information content (AvgIpc) is 2.15. The van der Waals surface area contributed by atoms with Gasteiger partial charge >= 0.3 is 0 Å². The molecule has 6 heteroatoms. The number of hydrazine groups is 2. The summed E-state index contributed by atoms with van der Waals surface area (Å²) in [7, 11) is 3.81. The van der Waals surface area contributed by atoms with Gasteiger partial charge in [-0.25, -0.2) is 20.8 Å². The minimum atomic E-state index is 0.291. The van der Waals surface area contributed by atoms with Gasteiger partial charge in [-0.15, -0.1) is 0 Å². The third kappa shape index (κ3) is 2.77. The molecule has 0 radical (unpaired) electrons. The van der Waals surface area contributed by atoms with E-state index in [1.807, 2.05) is 19.1 Å². The lowest BCUT2D eigenvalue weighted by Gasteiger charge is -2.19. The number of nitrogens with zero attached hydrogens (tertiary/aromatic N) is 3. The predicted octanol–water partition coefficient (Wildman–Crippen LogP) is 0.774. The molecule has 0 aromatic carbocycles. The van der Waals surface area contributed by atoms with Crippen molar-refractivity contribution in [3.8, 4) is 0 Å². The topological polar surface area (TPSA) is 79.1 Å². The molecule has 15 heavy (non-hydrogen) atoms. The fraction of sp³-hybridized carbons (Fsp3) is 0.556. The first-order valence-electron chi connectivity index (χ1n) is 4.81. The highest BCUT2D eigenvalue weighted by atomic mass is 15.5. The third-order valence-electron chi connectivity index (χ3n) is 1.93. The van der Waals surface area contributed by atoms with Crippen molar-refractivity contribution in [2.45, 2.75) is 19.8 Å². The van der Waals surface area contributed by atoms with Gasteiger partial charge in [-0.05, 0) is 5.92 Å². The van der Waals surface area contributed by atoms with Crippen LogP contribution < -0.4 is 16.7 Å². The molecule has 1 aromatic heterocycles. The Bertz CT molecular complexity index is 322. The van der Waals surface area contributed by atoms with Gasteiger partial charge in [-0.1, -0.05) is 13.8 Å². The highest BCUT2D eigenvalue weighted by Crippen LogP contribution is 2.27. The van der Waals surface area contributed by atoms with Gasteiger partial charge in [0.05, 0.1) is 0 Å². The molecule has 1 heterocycles. The largest absolute Gasteiger partial charge is 0.308 e. The monoisotopic (exact) mass is 210 g/mol. The molecule has 0 atom stereocenters. The Labute approximate surface area is 89.8 Å². The molecule has 0 saturated heterocycles. The van der Waals surface area contributed by atoms with Crippen molar-refractivity contribution in [1.29, 1.82) is 0 Å². The first-order chi connectivity index (χ1) is 7.06. The summed E-state index contributed by atoms with van der Waals surface area (Å²) in [6.45, 7) is 4.14. The lowest BCUT2D eigenvalue weighted by molar-refractivity contribution is 0.490. The van der Waals surface area contributed by atoms with E-state index in [4.69, 9.17) is 5.84 Å². The summed E-state index contributed by atoms with van der Waals surface area (Å²) in [5.74, 6) is 7.13. The van der Waals surface area contributed by atoms with Gasteiger partial charge in [0.25, 0.3) is 0 Å². The van der Waals surface area contributed by atoms with Crippen LogP contribution >= 0.6 is 0 Å². The minimum Gasteiger partial charge on any atom is -0.308 e. The van der Waals surface area contributed by atoms with Gasteiger partial charge in [0.2, 0.25) is 0 Å². The van der Waals surface area contributed by atoms with Crippen molar-refractivity contribution in [2.24, 2.45) is 5.84 Å². The second-order valence-corrected chi connectivity index (χ2v) is 3.79. The Kier molecular flexibility index (Phi) is 3.81. The van der Waals surface area contributed by atoms with Crippen molar-refractivity contribution in [1.82, 2.24) is 15.0 Å². The molecule has 0 fully saturated rings. The molecule has 0 saturated carbocycles. The van der Waals surface area contributed by atoms with Gasteiger partial charge in [0, 0.05) is 19.7 Å². The van der Waals surface area contributed by atoms with E-state index in [9.17, 15) is 0 Å². The van der Waals surface area contributed by atoms with E-state index in [0.717, 1.165) is 11.4 Å². The van der Waals surface area contributed by atoms with Crippen LogP contribution in [0.1, 0.15) is 25.3 Å². The Morgan fingerprint density at radius 3 is 2.33 bits per heavy atom. The van der Waals surface area contributed by atoms with E-state index < -0.39 is 0 Å². The molecule has 1 rings (SSSR count). The zero-order valence-electron chi connectivity index (χ0n) is 9.57. The summed E-state index contributed by atoms with van der Waals surface area (Å²) in [5, 5.41) is 1.83. The van der Waals surface area contributed by atoms with E-state index in [0.29, 0.717) is 11.7 Å². The lowest BCUT2D eigenvalue weighted by atomic mass is 10.1. The maximum absolute atomic E-state index is 5.41. The summed E-state index contributed by atoms with van der Waals surface area (Å²) >= 11 is 0. The molecule has 0 amide bonds. The fourth-order valence-electron chi connectivity index (χ4n) is 1.36. The molecule has 1 aromatic rings. The molecule has 6 nitrogen and oxygen atoms in total. The van der Waals surface area contributed by atoms with Crippen molar-refractivity contribution < 1.29 is 0 Å². The van der Waals surface area contributed by atoms with E-state index in [1.165, 1.54) is 6.33 Å². The van der Waals surface area contributed by atoms with E-state index >= 15 is 0 Å². The van der Waals surface area contributed by atoms with E-state index in [1.54, 1.807) is 0 Å². The van der Waals surface area contributed by atoms with Crippen LogP contribution in [0.4, 0.5) is 11.6 Å². The van der Waals surface area contributed by atoms with Crippen LogP contribution in [-0.2, 0) is 0 Å². The minimum absolute atomic E-state index is 0.291. The SMILES string of the molecule is CC(C)c1c(NN)ncnc1NN(C)C. The second-order valence-electron chi connectivity index (χ2n) is 3.79. The van der Waals surface area contributed by atoms with Gasteiger partial charge in [-0.3, -0.25) is 0 Å². The first-order valence-corrected chi connectivity index (χ1v) is 4.81. The maximum atomic E-state index is 5.41. The van der Waals surface area contributed by atoms with Crippen molar-refractivity contribution in [3.05, 3.63) is 11.9 Å². The molecular formula is C9H18N6. The van der Waals surface area contributed by atoms with E-state index in [2.05, 4.69) is 34.7 Å². The number of nitrogens with two attached hydrogens (primary N) is 1. The molecular weight excluding hydrogens is 192 g/mol. The first kappa shape index (κ1) is 11.7. The fourth-order valence-corrected chi connectivity index (χ4v) is 1.36. The number of hydrogen-bond donors (Lipinski definition) is 3. The zero-order chi connectivity index (χ0) is 11.4. The smallest absolute Gasteiger partial charge is 0.149 e. The Hall–Kier alpha value is -1.40. The summed E-state index contributed by atoms with van der Waals surface area (Å²) in [6.07, 6.45) is 1.48.